The number of aromatic nitrogens is 4. The molecule has 6 nitrogen and oxygen atoms in total. The van der Waals surface area contributed by atoms with E-state index < -0.39 is 0 Å². The van der Waals surface area contributed by atoms with Crippen molar-refractivity contribution >= 4 is 22.8 Å². The number of fused-ring (bicyclic) bond motifs is 1. The molecule has 1 fully saturated rings. The Balaban J connectivity index is 2.06. The lowest BCUT2D eigenvalue weighted by atomic mass is 10.1. The zero-order chi connectivity index (χ0) is 13.2. The van der Waals surface area contributed by atoms with E-state index >= 15 is 0 Å². The highest BCUT2D eigenvalue weighted by atomic mass is 15.3. The van der Waals surface area contributed by atoms with Gasteiger partial charge in [0.15, 0.2) is 5.65 Å². The highest BCUT2D eigenvalue weighted by molar-refractivity contribution is 5.87. The highest BCUT2D eigenvalue weighted by Crippen LogP contribution is 2.24. The van der Waals surface area contributed by atoms with Crippen LogP contribution >= 0.6 is 0 Å². The van der Waals surface area contributed by atoms with E-state index in [1.807, 2.05) is 17.9 Å². The average Bonchev–Trinajstić information content (AvgIpc) is 2.82. The van der Waals surface area contributed by atoms with Gasteiger partial charge in [0.05, 0.1) is 11.6 Å². The fourth-order valence-corrected chi connectivity index (χ4v) is 2.55. The summed E-state index contributed by atoms with van der Waals surface area (Å²) in [5.74, 6) is 1.72. The second-order valence-electron chi connectivity index (χ2n) is 4.96. The molecule has 3 rings (SSSR count). The molecule has 0 atom stereocenters. The summed E-state index contributed by atoms with van der Waals surface area (Å²) in [6.07, 6.45) is 5.59. The molecule has 0 saturated carbocycles. The van der Waals surface area contributed by atoms with Gasteiger partial charge >= 0.3 is 0 Å². The van der Waals surface area contributed by atoms with Crippen LogP contribution in [0.25, 0.3) is 11.0 Å². The lowest BCUT2D eigenvalue weighted by molar-refractivity contribution is 0.568. The number of piperidine rings is 1. The number of rotatable bonds is 3. The van der Waals surface area contributed by atoms with Gasteiger partial charge < -0.3 is 10.2 Å². The molecule has 6 heteroatoms. The van der Waals surface area contributed by atoms with Crippen molar-refractivity contribution in [1.29, 1.82) is 0 Å². The van der Waals surface area contributed by atoms with Crippen molar-refractivity contribution in [3.63, 3.8) is 0 Å². The second kappa shape index (κ2) is 5.03. The van der Waals surface area contributed by atoms with Gasteiger partial charge in [-0.15, -0.1) is 0 Å². The first-order valence-corrected chi connectivity index (χ1v) is 6.98. The standard InChI is InChI=1S/C13H20N6/c1-3-14-11-10-9-15-18(2)12(10)17-13(16-11)19-7-5-4-6-8-19/h9H,3-8H2,1-2H3,(H,14,16,17). The predicted octanol–water partition coefficient (Wildman–Crippen LogP) is 1.79. The fourth-order valence-electron chi connectivity index (χ4n) is 2.55. The zero-order valence-corrected chi connectivity index (χ0v) is 11.6. The van der Waals surface area contributed by atoms with Gasteiger partial charge in [0, 0.05) is 26.7 Å². The first kappa shape index (κ1) is 12.2. The van der Waals surface area contributed by atoms with E-state index in [1.54, 1.807) is 0 Å². The predicted molar refractivity (Wildman–Crippen MR) is 76.5 cm³/mol. The lowest BCUT2D eigenvalue weighted by Crippen LogP contribution is -2.31. The van der Waals surface area contributed by atoms with Gasteiger partial charge in [-0.3, -0.25) is 4.68 Å². The van der Waals surface area contributed by atoms with Gasteiger partial charge in [0.25, 0.3) is 0 Å². The van der Waals surface area contributed by atoms with Crippen molar-refractivity contribution in [2.45, 2.75) is 26.2 Å². The van der Waals surface area contributed by atoms with E-state index in [4.69, 9.17) is 0 Å². The van der Waals surface area contributed by atoms with Gasteiger partial charge in [0.1, 0.15) is 5.82 Å². The quantitative estimate of drug-likeness (QED) is 0.911. The maximum atomic E-state index is 4.68. The molecule has 102 valence electrons. The van der Waals surface area contributed by atoms with Crippen LogP contribution in [0.3, 0.4) is 0 Å². The molecule has 1 aliphatic rings. The summed E-state index contributed by atoms with van der Waals surface area (Å²) in [5.41, 5.74) is 0.895. The van der Waals surface area contributed by atoms with Crippen molar-refractivity contribution in [2.24, 2.45) is 7.05 Å². The van der Waals surface area contributed by atoms with E-state index in [1.165, 1.54) is 19.3 Å². The summed E-state index contributed by atoms with van der Waals surface area (Å²) in [6.45, 7) is 5.02. The molecule has 0 bridgehead atoms. The normalized spacial score (nSPS) is 16.0. The first-order valence-electron chi connectivity index (χ1n) is 6.98. The minimum Gasteiger partial charge on any atom is -0.370 e. The Kier molecular flexibility index (Phi) is 3.23. The average molecular weight is 260 g/mol. The Labute approximate surface area is 112 Å². The largest absolute Gasteiger partial charge is 0.370 e. The molecule has 0 spiro atoms. The molecule has 0 radical (unpaired) electrons. The van der Waals surface area contributed by atoms with E-state index in [-0.39, 0.29) is 0 Å². The van der Waals surface area contributed by atoms with Crippen molar-refractivity contribution < 1.29 is 0 Å². The number of nitrogens with zero attached hydrogens (tertiary/aromatic N) is 5. The monoisotopic (exact) mass is 260 g/mol. The number of aryl methyl sites for hydroxylation is 1. The molecule has 0 aromatic carbocycles. The van der Waals surface area contributed by atoms with Crippen molar-refractivity contribution in [2.75, 3.05) is 29.9 Å². The maximum Gasteiger partial charge on any atom is 0.229 e. The third kappa shape index (κ3) is 2.22. The SMILES string of the molecule is CCNc1nc(N2CCCCC2)nc2c1cnn2C. The Morgan fingerprint density at radius 3 is 2.74 bits per heavy atom. The smallest absolute Gasteiger partial charge is 0.229 e. The Morgan fingerprint density at radius 2 is 2.00 bits per heavy atom. The first-order chi connectivity index (χ1) is 9.29. The van der Waals surface area contributed by atoms with Crippen LogP contribution in [-0.4, -0.2) is 39.4 Å². The van der Waals surface area contributed by atoms with E-state index in [0.29, 0.717) is 0 Å². The Bertz CT molecular complexity index is 570. The fraction of sp³-hybridized carbons (Fsp3) is 0.615. The molecule has 0 unspecified atom stereocenters. The van der Waals surface area contributed by atoms with E-state index in [0.717, 1.165) is 42.4 Å². The number of hydrogen-bond acceptors (Lipinski definition) is 5. The van der Waals surface area contributed by atoms with E-state index in [2.05, 4.69) is 32.2 Å². The molecule has 2 aromatic heterocycles. The molecule has 2 aromatic rings. The van der Waals surface area contributed by atoms with Crippen LogP contribution in [0.4, 0.5) is 11.8 Å². The number of hydrogen-bond donors (Lipinski definition) is 1. The third-order valence-corrected chi connectivity index (χ3v) is 3.56. The maximum absolute atomic E-state index is 4.68. The number of nitrogens with one attached hydrogen (secondary N) is 1. The molecule has 1 N–H and O–H groups in total. The van der Waals surface area contributed by atoms with Gasteiger partial charge in [-0.2, -0.15) is 15.1 Å². The van der Waals surface area contributed by atoms with Crippen molar-refractivity contribution in [1.82, 2.24) is 19.7 Å². The molecular formula is C13H20N6. The summed E-state index contributed by atoms with van der Waals surface area (Å²) >= 11 is 0. The van der Waals surface area contributed by atoms with Crippen LogP contribution in [0.5, 0.6) is 0 Å². The van der Waals surface area contributed by atoms with Gasteiger partial charge in [-0.1, -0.05) is 0 Å². The molecular weight excluding hydrogens is 240 g/mol. The van der Waals surface area contributed by atoms with Gasteiger partial charge in [-0.25, -0.2) is 0 Å². The van der Waals surface area contributed by atoms with Crippen LogP contribution < -0.4 is 10.2 Å². The molecule has 1 aliphatic heterocycles. The summed E-state index contributed by atoms with van der Waals surface area (Å²) in [4.78, 5) is 11.6. The van der Waals surface area contributed by atoms with Crippen LogP contribution in [0.1, 0.15) is 26.2 Å². The highest BCUT2D eigenvalue weighted by Gasteiger charge is 2.17. The minimum absolute atomic E-state index is 0.826. The lowest BCUT2D eigenvalue weighted by Gasteiger charge is -2.27. The second-order valence-corrected chi connectivity index (χ2v) is 4.96. The molecule has 0 amide bonds. The number of anilines is 2. The van der Waals surface area contributed by atoms with Crippen molar-refractivity contribution in [3.8, 4) is 0 Å². The molecule has 1 saturated heterocycles. The van der Waals surface area contributed by atoms with Gasteiger partial charge in [0.2, 0.25) is 5.95 Å². The molecule has 3 heterocycles. The van der Waals surface area contributed by atoms with Crippen molar-refractivity contribution in [3.05, 3.63) is 6.20 Å². The Hall–Kier alpha value is -1.85. The summed E-state index contributed by atoms with van der Waals surface area (Å²) in [6, 6.07) is 0. The minimum atomic E-state index is 0.826. The van der Waals surface area contributed by atoms with Crippen LogP contribution in [0.15, 0.2) is 6.20 Å². The van der Waals surface area contributed by atoms with Gasteiger partial charge in [-0.05, 0) is 26.2 Å². The summed E-state index contributed by atoms with van der Waals surface area (Å²) in [5, 5.41) is 8.58. The van der Waals surface area contributed by atoms with E-state index in [9.17, 15) is 0 Å². The summed E-state index contributed by atoms with van der Waals surface area (Å²) in [7, 11) is 1.92. The molecule has 0 aliphatic carbocycles. The Morgan fingerprint density at radius 1 is 1.21 bits per heavy atom. The molecule has 19 heavy (non-hydrogen) atoms. The third-order valence-electron chi connectivity index (χ3n) is 3.56. The summed E-state index contributed by atoms with van der Waals surface area (Å²) < 4.78 is 1.81. The van der Waals surface area contributed by atoms with Crippen LogP contribution in [0, 0.1) is 0 Å². The zero-order valence-electron chi connectivity index (χ0n) is 11.6. The van der Waals surface area contributed by atoms with Crippen LogP contribution in [0.2, 0.25) is 0 Å². The van der Waals surface area contributed by atoms with Crippen LogP contribution in [-0.2, 0) is 7.05 Å². The topological polar surface area (TPSA) is 58.9 Å².